The summed E-state index contributed by atoms with van der Waals surface area (Å²) in [6, 6.07) is 0. The Morgan fingerprint density at radius 2 is 1.56 bits per heavy atom. The van der Waals surface area contributed by atoms with E-state index in [-0.39, 0.29) is 0 Å². The molecule has 0 bridgehead atoms. The van der Waals surface area contributed by atoms with Crippen LogP contribution in [0, 0.1) is 65.1 Å². The van der Waals surface area contributed by atoms with E-state index in [9.17, 15) is 0 Å². The van der Waals surface area contributed by atoms with Gasteiger partial charge in [-0.05, 0) is 104 Å². The van der Waals surface area contributed by atoms with Crippen molar-refractivity contribution in [1.82, 2.24) is 0 Å². The molecule has 0 nitrogen and oxygen atoms in total. The molecule has 9 unspecified atom stereocenters. The van der Waals surface area contributed by atoms with Gasteiger partial charge in [0.05, 0.1) is 0 Å². The molecule has 0 amide bonds. The minimum absolute atomic E-state index is 0.868. The number of fused-ring (bicyclic) bond motifs is 1. The lowest BCUT2D eigenvalue weighted by Gasteiger charge is -2.36. The molecular formula is C25H46. The number of hydrogen-bond donors (Lipinski definition) is 0. The zero-order valence-corrected chi connectivity index (χ0v) is 18.3. The van der Waals surface area contributed by atoms with Gasteiger partial charge in [0, 0.05) is 0 Å². The minimum Gasteiger partial charge on any atom is -0.0651 e. The summed E-state index contributed by atoms with van der Waals surface area (Å²) in [5, 5.41) is 0. The van der Waals surface area contributed by atoms with Crippen LogP contribution in [-0.4, -0.2) is 0 Å². The number of rotatable bonds is 6. The van der Waals surface area contributed by atoms with E-state index < -0.39 is 0 Å². The average Bonchev–Trinajstić information content (AvgIpc) is 3.18. The van der Waals surface area contributed by atoms with E-state index in [1.165, 1.54) is 25.7 Å². The summed E-state index contributed by atoms with van der Waals surface area (Å²) in [7, 11) is 0. The Morgan fingerprint density at radius 3 is 2.12 bits per heavy atom. The molecule has 3 aliphatic carbocycles. The van der Waals surface area contributed by atoms with Gasteiger partial charge in [-0.25, -0.2) is 0 Å². The summed E-state index contributed by atoms with van der Waals surface area (Å²) < 4.78 is 0. The van der Waals surface area contributed by atoms with Gasteiger partial charge in [-0.1, -0.05) is 54.9 Å². The fraction of sp³-hybridized carbons (Fsp3) is 1.00. The second-order valence-corrected chi connectivity index (χ2v) is 11.2. The molecule has 0 aromatic rings. The summed E-state index contributed by atoms with van der Waals surface area (Å²) >= 11 is 0. The van der Waals surface area contributed by atoms with E-state index in [1.807, 2.05) is 0 Å². The topological polar surface area (TPSA) is 0 Å². The highest BCUT2D eigenvalue weighted by Crippen LogP contribution is 2.56. The van der Waals surface area contributed by atoms with Crippen molar-refractivity contribution >= 4 is 0 Å². The summed E-state index contributed by atoms with van der Waals surface area (Å²) in [6.45, 7) is 17.5. The van der Waals surface area contributed by atoms with Crippen molar-refractivity contribution in [3.8, 4) is 0 Å². The second-order valence-electron chi connectivity index (χ2n) is 11.2. The van der Waals surface area contributed by atoms with Crippen LogP contribution < -0.4 is 0 Å². The van der Waals surface area contributed by atoms with Crippen molar-refractivity contribution in [2.45, 2.75) is 93.4 Å². The molecule has 25 heavy (non-hydrogen) atoms. The molecule has 9 atom stereocenters. The van der Waals surface area contributed by atoms with Gasteiger partial charge in [0.15, 0.2) is 0 Å². The molecule has 3 aliphatic rings. The second kappa shape index (κ2) is 7.93. The summed E-state index contributed by atoms with van der Waals surface area (Å²) in [4.78, 5) is 0. The molecule has 0 spiro atoms. The first-order chi connectivity index (χ1) is 11.8. The van der Waals surface area contributed by atoms with Crippen LogP contribution in [0.3, 0.4) is 0 Å². The fourth-order valence-corrected chi connectivity index (χ4v) is 7.99. The zero-order chi connectivity index (χ0) is 18.3. The zero-order valence-electron chi connectivity index (χ0n) is 18.3. The summed E-state index contributed by atoms with van der Waals surface area (Å²) in [5.41, 5.74) is 0. The van der Waals surface area contributed by atoms with Gasteiger partial charge >= 0.3 is 0 Å². The smallest absolute Gasteiger partial charge is 0.0350 e. The van der Waals surface area contributed by atoms with E-state index in [0.29, 0.717) is 0 Å². The third kappa shape index (κ3) is 3.84. The third-order valence-electron chi connectivity index (χ3n) is 9.37. The Morgan fingerprint density at radius 1 is 0.880 bits per heavy atom. The Kier molecular flexibility index (Phi) is 6.27. The summed E-state index contributed by atoms with van der Waals surface area (Å²) in [6.07, 6.45) is 10.7. The molecule has 0 radical (unpaired) electrons. The Balaban J connectivity index is 1.69. The highest BCUT2D eigenvalue weighted by atomic mass is 14.5. The Bertz CT molecular complexity index is 422. The first-order valence-corrected chi connectivity index (χ1v) is 11.8. The van der Waals surface area contributed by atoms with E-state index in [0.717, 1.165) is 65.1 Å². The molecular weight excluding hydrogens is 300 g/mol. The predicted molar refractivity (Wildman–Crippen MR) is 110 cm³/mol. The molecule has 0 aromatic carbocycles. The lowest BCUT2D eigenvalue weighted by molar-refractivity contribution is 0.132. The largest absolute Gasteiger partial charge is 0.0651 e. The highest BCUT2D eigenvalue weighted by molar-refractivity contribution is 4.97. The predicted octanol–water partition coefficient (Wildman–Crippen LogP) is 7.68. The van der Waals surface area contributed by atoms with Gasteiger partial charge in [-0.2, -0.15) is 0 Å². The van der Waals surface area contributed by atoms with E-state index in [1.54, 1.807) is 19.3 Å². The lowest BCUT2D eigenvalue weighted by Crippen LogP contribution is -2.29. The van der Waals surface area contributed by atoms with Gasteiger partial charge in [0.2, 0.25) is 0 Å². The molecule has 0 aromatic heterocycles. The van der Waals surface area contributed by atoms with Crippen LogP contribution in [0.25, 0.3) is 0 Å². The molecule has 0 N–H and O–H groups in total. The van der Waals surface area contributed by atoms with Crippen molar-refractivity contribution in [1.29, 1.82) is 0 Å². The molecule has 0 aliphatic heterocycles. The van der Waals surface area contributed by atoms with Gasteiger partial charge in [-0.3, -0.25) is 0 Å². The summed E-state index contributed by atoms with van der Waals surface area (Å²) in [5.74, 6) is 11.0. The first-order valence-electron chi connectivity index (χ1n) is 11.8. The lowest BCUT2D eigenvalue weighted by atomic mass is 9.69. The molecule has 0 heterocycles. The maximum absolute atomic E-state index is 2.55. The van der Waals surface area contributed by atoms with Gasteiger partial charge < -0.3 is 0 Å². The van der Waals surface area contributed by atoms with E-state index in [2.05, 4.69) is 48.5 Å². The van der Waals surface area contributed by atoms with Crippen molar-refractivity contribution in [3.05, 3.63) is 0 Å². The molecule has 0 saturated heterocycles. The van der Waals surface area contributed by atoms with Crippen LogP contribution in [-0.2, 0) is 0 Å². The van der Waals surface area contributed by atoms with Crippen LogP contribution in [0.4, 0.5) is 0 Å². The molecule has 146 valence electrons. The normalized spacial score (nSPS) is 45.5. The molecule has 3 rings (SSSR count). The van der Waals surface area contributed by atoms with Crippen molar-refractivity contribution in [3.63, 3.8) is 0 Å². The molecule has 0 heteroatoms. The van der Waals surface area contributed by atoms with Crippen molar-refractivity contribution < 1.29 is 0 Å². The van der Waals surface area contributed by atoms with Crippen LogP contribution >= 0.6 is 0 Å². The Hall–Kier alpha value is 0. The minimum atomic E-state index is 0.868. The maximum Gasteiger partial charge on any atom is -0.0350 e. The standard InChI is InChI=1S/C25H46/c1-8-21(15(2)3)23-10-9-22(16(4)5)25(23)14-19-12-20-11-17(6)18(7)24(20)13-19/h15-25H,8-14H2,1-7H3. The first kappa shape index (κ1) is 19.8. The SMILES string of the molecule is CCC(C(C)C)C1CCC(C(C)C)C1CC1CC2CC(C)C(C)C2C1. The number of hydrogen-bond acceptors (Lipinski definition) is 0. The van der Waals surface area contributed by atoms with Gasteiger partial charge in [-0.15, -0.1) is 0 Å². The Labute approximate surface area is 158 Å². The van der Waals surface area contributed by atoms with Crippen molar-refractivity contribution in [2.24, 2.45) is 65.1 Å². The van der Waals surface area contributed by atoms with Gasteiger partial charge in [0.25, 0.3) is 0 Å². The van der Waals surface area contributed by atoms with E-state index in [4.69, 9.17) is 0 Å². The highest BCUT2D eigenvalue weighted by Gasteiger charge is 2.48. The van der Waals surface area contributed by atoms with Crippen molar-refractivity contribution in [2.75, 3.05) is 0 Å². The van der Waals surface area contributed by atoms with Crippen LogP contribution in [0.15, 0.2) is 0 Å². The van der Waals surface area contributed by atoms with Crippen LogP contribution in [0.2, 0.25) is 0 Å². The van der Waals surface area contributed by atoms with Crippen LogP contribution in [0.5, 0.6) is 0 Å². The quantitative estimate of drug-likeness (QED) is 0.462. The third-order valence-corrected chi connectivity index (χ3v) is 9.37. The monoisotopic (exact) mass is 346 g/mol. The van der Waals surface area contributed by atoms with E-state index >= 15 is 0 Å². The van der Waals surface area contributed by atoms with Gasteiger partial charge in [0.1, 0.15) is 0 Å². The fourth-order valence-electron chi connectivity index (χ4n) is 7.99. The average molecular weight is 347 g/mol. The maximum atomic E-state index is 2.55. The van der Waals surface area contributed by atoms with Crippen LogP contribution in [0.1, 0.15) is 93.4 Å². The molecule has 3 fully saturated rings. The molecule has 3 saturated carbocycles.